The number of hydrogen-bond donors (Lipinski definition) is 1. The van der Waals surface area contributed by atoms with Gasteiger partial charge in [0.15, 0.2) is 0 Å². The summed E-state index contributed by atoms with van der Waals surface area (Å²) in [6.07, 6.45) is 1.69. The van der Waals surface area contributed by atoms with Crippen molar-refractivity contribution in [2.24, 2.45) is 17.3 Å². The summed E-state index contributed by atoms with van der Waals surface area (Å²) in [6, 6.07) is 0. The molecule has 112 valence electrons. The van der Waals surface area contributed by atoms with Gasteiger partial charge in [0, 0.05) is 0 Å². The quantitative estimate of drug-likeness (QED) is 0.652. The molecule has 19 heavy (non-hydrogen) atoms. The Balaban J connectivity index is 5.08. The number of esters is 1. The highest BCUT2D eigenvalue weighted by molar-refractivity contribution is 5.73. The van der Waals surface area contributed by atoms with Gasteiger partial charge >= 0.3 is 11.9 Å². The number of rotatable bonds is 9. The Bertz CT molecular complexity index is 285. The Kier molecular flexibility index (Phi) is 7.72. The van der Waals surface area contributed by atoms with Crippen LogP contribution in [0.5, 0.6) is 0 Å². The highest BCUT2D eigenvalue weighted by Gasteiger charge is 2.37. The summed E-state index contributed by atoms with van der Waals surface area (Å²) in [5, 5.41) is 9.17. The minimum absolute atomic E-state index is 0.0299. The first-order chi connectivity index (χ1) is 8.70. The number of carboxylic acid groups (broad SMARTS) is 1. The summed E-state index contributed by atoms with van der Waals surface area (Å²) in [6.45, 7) is 10.3. The maximum Gasteiger partial charge on any atom is 0.306 e. The van der Waals surface area contributed by atoms with Crippen molar-refractivity contribution < 1.29 is 19.4 Å². The van der Waals surface area contributed by atoms with Gasteiger partial charge in [-0.3, -0.25) is 9.59 Å². The normalized spacial score (nSPS) is 11.9. The van der Waals surface area contributed by atoms with Crippen molar-refractivity contribution in [2.75, 3.05) is 6.61 Å². The zero-order valence-electron chi connectivity index (χ0n) is 12.9. The molecule has 0 fully saturated rings. The third kappa shape index (κ3) is 7.85. The number of hydrogen-bond acceptors (Lipinski definition) is 3. The summed E-state index contributed by atoms with van der Waals surface area (Å²) in [4.78, 5) is 23.0. The Labute approximate surface area is 116 Å². The molecule has 0 bridgehead atoms. The van der Waals surface area contributed by atoms with Gasteiger partial charge in [-0.1, -0.05) is 27.7 Å². The average molecular weight is 272 g/mol. The van der Waals surface area contributed by atoms with Crippen LogP contribution in [0.3, 0.4) is 0 Å². The first-order valence-electron chi connectivity index (χ1n) is 7.08. The van der Waals surface area contributed by atoms with Crippen LogP contribution < -0.4 is 0 Å². The van der Waals surface area contributed by atoms with Gasteiger partial charge in [0.25, 0.3) is 0 Å². The summed E-state index contributed by atoms with van der Waals surface area (Å²) in [7, 11) is 0. The van der Waals surface area contributed by atoms with Gasteiger partial charge in [-0.2, -0.15) is 0 Å². The lowest BCUT2D eigenvalue weighted by Gasteiger charge is -2.35. The Morgan fingerprint density at radius 3 is 1.84 bits per heavy atom. The van der Waals surface area contributed by atoms with E-state index in [0.29, 0.717) is 18.4 Å². The molecule has 0 aliphatic carbocycles. The SMILES string of the molecule is CCOC(=O)CC(CC(=O)O)(CC(C)C)CC(C)C. The molecule has 4 nitrogen and oxygen atoms in total. The number of aliphatic carboxylic acids is 1. The van der Waals surface area contributed by atoms with E-state index in [4.69, 9.17) is 9.84 Å². The second kappa shape index (κ2) is 8.18. The van der Waals surface area contributed by atoms with Gasteiger partial charge in [0.1, 0.15) is 0 Å². The van der Waals surface area contributed by atoms with Gasteiger partial charge in [-0.05, 0) is 37.0 Å². The topological polar surface area (TPSA) is 63.6 Å². The zero-order valence-corrected chi connectivity index (χ0v) is 12.9. The zero-order chi connectivity index (χ0) is 15.1. The van der Waals surface area contributed by atoms with Crippen LogP contribution in [0, 0.1) is 17.3 Å². The summed E-state index contributed by atoms with van der Waals surface area (Å²) >= 11 is 0. The van der Waals surface area contributed by atoms with E-state index >= 15 is 0 Å². The van der Waals surface area contributed by atoms with Gasteiger partial charge in [-0.15, -0.1) is 0 Å². The molecule has 0 saturated carbocycles. The highest BCUT2D eigenvalue weighted by Crippen LogP contribution is 2.40. The smallest absolute Gasteiger partial charge is 0.306 e. The standard InChI is InChI=1S/C15H28O4/c1-6-19-14(18)10-15(7-11(2)3,8-12(4)5)9-13(16)17/h11-12H,6-10H2,1-5H3,(H,16,17). The second-order valence-electron chi connectivity index (χ2n) is 6.25. The van der Waals surface area contributed by atoms with Gasteiger partial charge in [-0.25, -0.2) is 0 Å². The molecule has 1 N–H and O–H groups in total. The molecule has 4 heteroatoms. The number of ether oxygens (including phenoxy) is 1. The van der Waals surface area contributed by atoms with Crippen LogP contribution in [-0.4, -0.2) is 23.7 Å². The molecular formula is C15H28O4. The molecule has 0 spiro atoms. The predicted molar refractivity (Wildman–Crippen MR) is 74.8 cm³/mol. The van der Waals surface area contributed by atoms with Crippen molar-refractivity contribution >= 4 is 11.9 Å². The molecular weight excluding hydrogens is 244 g/mol. The summed E-state index contributed by atoms with van der Waals surface area (Å²) in [5.74, 6) is -0.421. The van der Waals surface area contributed by atoms with Crippen molar-refractivity contribution in [2.45, 2.75) is 60.3 Å². The first kappa shape index (κ1) is 17.9. The van der Waals surface area contributed by atoms with Crippen LogP contribution in [0.1, 0.15) is 60.3 Å². The van der Waals surface area contributed by atoms with E-state index in [2.05, 4.69) is 27.7 Å². The average Bonchev–Trinajstić information content (AvgIpc) is 2.12. The van der Waals surface area contributed by atoms with E-state index in [9.17, 15) is 9.59 Å². The monoisotopic (exact) mass is 272 g/mol. The Morgan fingerprint density at radius 1 is 1.05 bits per heavy atom. The largest absolute Gasteiger partial charge is 0.481 e. The maximum atomic E-state index is 11.8. The number of carbonyl (C=O) groups is 2. The van der Waals surface area contributed by atoms with E-state index < -0.39 is 11.4 Å². The van der Waals surface area contributed by atoms with Crippen molar-refractivity contribution in [1.29, 1.82) is 0 Å². The fraction of sp³-hybridized carbons (Fsp3) is 0.867. The number of carboxylic acids is 1. The van der Waals surface area contributed by atoms with Crippen molar-refractivity contribution in [1.82, 2.24) is 0 Å². The molecule has 0 aromatic carbocycles. The minimum atomic E-state index is -0.842. The lowest BCUT2D eigenvalue weighted by molar-refractivity contribution is -0.149. The van der Waals surface area contributed by atoms with Crippen LogP contribution in [-0.2, 0) is 14.3 Å². The molecule has 0 aromatic rings. The van der Waals surface area contributed by atoms with Crippen molar-refractivity contribution in [3.05, 3.63) is 0 Å². The van der Waals surface area contributed by atoms with E-state index in [-0.39, 0.29) is 18.8 Å². The molecule has 0 amide bonds. The van der Waals surface area contributed by atoms with Gasteiger partial charge < -0.3 is 9.84 Å². The number of carbonyl (C=O) groups excluding carboxylic acids is 1. The fourth-order valence-electron chi connectivity index (χ4n) is 3.01. The van der Waals surface area contributed by atoms with E-state index in [1.807, 2.05) is 0 Å². The second-order valence-corrected chi connectivity index (χ2v) is 6.25. The Hall–Kier alpha value is -1.06. The maximum absolute atomic E-state index is 11.8. The van der Waals surface area contributed by atoms with Crippen LogP contribution in [0.15, 0.2) is 0 Å². The molecule has 0 rings (SSSR count). The third-order valence-corrected chi connectivity index (χ3v) is 3.03. The van der Waals surface area contributed by atoms with Crippen LogP contribution in [0.25, 0.3) is 0 Å². The van der Waals surface area contributed by atoms with Crippen LogP contribution in [0.2, 0.25) is 0 Å². The lowest BCUT2D eigenvalue weighted by Crippen LogP contribution is -2.31. The highest BCUT2D eigenvalue weighted by atomic mass is 16.5. The van der Waals surface area contributed by atoms with E-state index in [1.54, 1.807) is 6.92 Å². The molecule has 0 aliphatic rings. The van der Waals surface area contributed by atoms with Crippen LogP contribution in [0.4, 0.5) is 0 Å². The van der Waals surface area contributed by atoms with E-state index in [1.165, 1.54) is 0 Å². The van der Waals surface area contributed by atoms with Crippen molar-refractivity contribution in [3.63, 3.8) is 0 Å². The molecule has 0 atom stereocenters. The fourth-order valence-corrected chi connectivity index (χ4v) is 3.01. The minimum Gasteiger partial charge on any atom is -0.481 e. The lowest BCUT2D eigenvalue weighted by atomic mass is 9.70. The third-order valence-electron chi connectivity index (χ3n) is 3.03. The molecule has 0 saturated heterocycles. The summed E-state index contributed by atoms with van der Waals surface area (Å²) in [5.41, 5.74) is -0.486. The predicted octanol–water partition coefficient (Wildman–Crippen LogP) is 3.49. The first-order valence-corrected chi connectivity index (χ1v) is 7.08. The molecule has 0 aliphatic heterocycles. The van der Waals surface area contributed by atoms with Crippen LogP contribution >= 0.6 is 0 Å². The van der Waals surface area contributed by atoms with Crippen molar-refractivity contribution in [3.8, 4) is 0 Å². The Morgan fingerprint density at radius 2 is 1.53 bits per heavy atom. The molecule has 0 aromatic heterocycles. The van der Waals surface area contributed by atoms with Gasteiger partial charge in [0.05, 0.1) is 19.4 Å². The molecule has 0 unspecified atom stereocenters. The molecule has 0 heterocycles. The van der Waals surface area contributed by atoms with Gasteiger partial charge in [0.2, 0.25) is 0 Å². The molecule has 0 radical (unpaired) electrons. The summed E-state index contributed by atoms with van der Waals surface area (Å²) < 4.78 is 5.01. The van der Waals surface area contributed by atoms with E-state index in [0.717, 1.165) is 12.8 Å².